The van der Waals surface area contributed by atoms with Crippen LogP contribution in [0.5, 0.6) is 5.75 Å². The number of methoxy groups -OCH3 is 1. The van der Waals surface area contributed by atoms with Gasteiger partial charge in [-0.25, -0.2) is 4.68 Å². The van der Waals surface area contributed by atoms with Gasteiger partial charge in [0.15, 0.2) is 11.5 Å². The molecule has 0 saturated carbocycles. The fourth-order valence-electron chi connectivity index (χ4n) is 2.37. The van der Waals surface area contributed by atoms with Crippen molar-refractivity contribution in [2.75, 3.05) is 12.8 Å². The molecular weight excluding hydrogens is 354 g/mol. The maximum absolute atomic E-state index is 12.3. The summed E-state index contributed by atoms with van der Waals surface area (Å²) in [6, 6.07) is 14.7. The van der Waals surface area contributed by atoms with Crippen molar-refractivity contribution < 1.29 is 9.53 Å². The summed E-state index contributed by atoms with van der Waals surface area (Å²) < 4.78 is 6.58. The van der Waals surface area contributed by atoms with Gasteiger partial charge in [-0.3, -0.25) is 4.79 Å². The predicted molar refractivity (Wildman–Crippen MR) is 99.2 cm³/mol. The number of amides is 1. The molecular formula is C18H18ClN5O2. The van der Waals surface area contributed by atoms with Crippen LogP contribution in [0.4, 0.5) is 5.82 Å². The highest BCUT2D eigenvalue weighted by Gasteiger charge is 2.17. The van der Waals surface area contributed by atoms with Crippen molar-refractivity contribution in [1.29, 1.82) is 0 Å². The number of nitrogens with two attached hydrogens (primary N) is 1. The zero-order valence-electron chi connectivity index (χ0n) is 14.1. The molecule has 2 aromatic carbocycles. The molecule has 1 aromatic heterocycles. The molecule has 0 fully saturated rings. The lowest BCUT2D eigenvalue weighted by molar-refractivity contribution is 0.0946. The van der Waals surface area contributed by atoms with Gasteiger partial charge in [-0.05, 0) is 35.4 Å². The maximum Gasteiger partial charge on any atom is 0.275 e. The Morgan fingerprint density at radius 1 is 1.15 bits per heavy atom. The third-order valence-electron chi connectivity index (χ3n) is 3.85. The Hall–Kier alpha value is -3.06. The van der Waals surface area contributed by atoms with Crippen LogP contribution in [-0.4, -0.2) is 28.0 Å². The summed E-state index contributed by atoms with van der Waals surface area (Å²) in [6.45, 7) is 0.758. The van der Waals surface area contributed by atoms with E-state index in [0.29, 0.717) is 18.1 Å². The first-order valence-corrected chi connectivity index (χ1v) is 8.29. The number of hydrogen-bond donors (Lipinski definition) is 2. The number of halogens is 1. The van der Waals surface area contributed by atoms with Crippen molar-refractivity contribution in [1.82, 2.24) is 20.3 Å². The Labute approximate surface area is 155 Å². The number of nitrogen functional groups attached to an aromatic ring is 1. The van der Waals surface area contributed by atoms with E-state index in [2.05, 4.69) is 15.6 Å². The van der Waals surface area contributed by atoms with E-state index in [9.17, 15) is 4.79 Å². The number of rotatable bonds is 6. The molecule has 134 valence electrons. The van der Waals surface area contributed by atoms with Crippen molar-refractivity contribution in [3.63, 3.8) is 0 Å². The quantitative estimate of drug-likeness (QED) is 0.694. The highest BCUT2D eigenvalue weighted by molar-refractivity contribution is 6.30. The van der Waals surface area contributed by atoms with Gasteiger partial charge in [0.25, 0.3) is 5.91 Å². The molecule has 0 radical (unpaired) electrons. The third kappa shape index (κ3) is 4.12. The number of carbonyl (C=O) groups is 1. The molecule has 3 N–H and O–H groups in total. The summed E-state index contributed by atoms with van der Waals surface area (Å²) in [5, 5.41) is 11.3. The molecule has 1 heterocycles. The number of ether oxygens (including phenoxy) is 1. The first kappa shape index (κ1) is 17.8. The van der Waals surface area contributed by atoms with Crippen molar-refractivity contribution in [3.8, 4) is 5.75 Å². The first-order valence-electron chi connectivity index (χ1n) is 7.91. The summed E-state index contributed by atoms with van der Waals surface area (Å²) in [6.07, 6.45) is 0. The zero-order chi connectivity index (χ0) is 18.5. The lowest BCUT2D eigenvalue weighted by Crippen LogP contribution is -2.24. The van der Waals surface area contributed by atoms with Crippen LogP contribution >= 0.6 is 11.6 Å². The summed E-state index contributed by atoms with van der Waals surface area (Å²) >= 11 is 5.87. The topological polar surface area (TPSA) is 95.1 Å². The van der Waals surface area contributed by atoms with Gasteiger partial charge < -0.3 is 15.8 Å². The molecule has 0 spiro atoms. The van der Waals surface area contributed by atoms with Crippen LogP contribution < -0.4 is 15.8 Å². The fraction of sp³-hybridized carbons (Fsp3) is 0.167. The van der Waals surface area contributed by atoms with E-state index in [1.165, 1.54) is 4.68 Å². The average molecular weight is 372 g/mol. The second-order valence-electron chi connectivity index (χ2n) is 5.64. The van der Waals surface area contributed by atoms with Crippen LogP contribution in [-0.2, 0) is 13.1 Å². The van der Waals surface area contributed by atoms with E-state index in [-0.39, 0.29) is 17.4 Å². The number of aromatic nitrogens is 3. The van der Waals surface area contributed by atoms with E-state index in [1.807, 2.05) is 36.4 Å². The van der Waals surface area contributed by atoms with E-state index in [0.717, 1.165) is 16.9 Å². The number of carbonyl (C=O) groups excluding carboxylic acids is 1. The molecule has 0 aliphatic rings. The average Bonchev–Trinajstić information content (AvgIpc) is 3.02. The van der Waals surface area contributed by atoms with Crippen LogP contribution in [0.1, 0.15) is 21.6 Å². The summed E-state index contributed by atoms with van der Waals surface area (Å²) in [4.78, 5) is 12.3. The highest BCUT2D eigenvalue weighted by Crippen LogP contribution is 2.14. The Kier molecular flexibility index (Phi) is 5.38. The molecule has 0 unspecified atom stereocenters. The van der Waals surface area contributed by atoms with Gasteiger partial charge in [-0.15, -0.1) is 5.10 Å². The second-order valence-corrected chi connectivity index (χ2v) is 6.07. The lowest BCUT2D eigenvalue weighted by atomic mass is 10.2. The largest absolute Gasteiger partial charge is 0.497 e. The van der Waals surface area contributed by atoms with Crippen LogP contribution in [0.25, 0.3) is 0 Å². The molecule has 7 nitrogen and oxygen atoms in total. The molecule has 1 amide bonds. The van der Waals surface area contributed by atoms with Crippen LogP contribution in [0, 0.1) is 0 Å². The van der Waals surface area contributed by atoms with Crippen LogP contribution in [0.3, 0.4) is 0 Å². The molecule has 0 aliphatic heterocycles. The van der Waals surface area contributed by atoms with E-state index in [1.54, 1.807) is 19.2 Å². The third-order valence-corrected chi connectivity index (χ3v) is 4.10. The van der Waals surface area contributed by atoms with E-state index in [4.69, 9.17) is 22.1 Å². The smallest absolute Gasteiger partial charge is 0.275 e. The molecule has 3 aromatic rings. The van der Waals surface area contributed by atoms with Crippen molar-refractivity contribution in [2.24, 2.45) is 0 Å². The van der Waals surface area contributed by atoms with Crippen molar-refractivity contribution in [2.45, 2.75) is 13.1 Å². The predicted octanol–water partition coefficient (Wildman–Crippen LogP) is 2.50. The SMILES string of the molecule is COc1ccc(CNC(=O)c2nnn(Cc3ccc(Cl)cc3)c2N)cc1. The van der Waals surface area contributed by atoms with Crippen LogP contribution in [0.2, 0.25) is 5.02 Å². The first-order chi connectivity index (χ1) is 12.6. The van der Waals surface area contributed by atoms with E-state index >= 15 is 0 Å². The molecule has 26 heavy (non-hydrogen) atoms. The van der Waals surface area contributed by atoms with Gasteiger partial charge in [0.05, 0.1) is 13.7 Å². The van der Waals surface area contributed by atoms with Crippen molar-refractivity contribution in [3.05, 3.63) is 70.4 Å². The van der Waals surface area contributed by atoms with Crippen LogP contribution in [0.15, 0.2) is 48.5 Å². The monoisotopic (exact) mass is 371 g/mol. The minimum atomic E-state index is -0.374. The van der Waals surface area contributed by atoms with E-state index < -0.39 is 0 Å². The standard InChI is InChI=1S/C18H18ClN5O2/c1-26-15-8-4-12(5-9-15)10-21-18(25)16-17(20)24(23-22-16)11-13-2-6-14(19)7-3-13/h2-9H,10-11,20H2,1H3,(H,21,25). The lowest BCUT2D eigenvalue weighted by Gasteiger charge is -2.06. The van der Waals surface area contributed by atoms with Crippen molar-refractivity contribution >= 4 is 23.3 Å². The summed E-state index contributed by atoms with van der Waals surface area (Å²) in [7, 11) is 1.60. The minimum absolute atomic E-state index is 0.104. The number of nitrogens with zero attached hydrogens (tertiary/aromatic N) is 3. The van der Waals surface area contributed by atoms with Gasteiger partial charge in [0.2, 0.25) is 0 Å². The Balaban J connectivity index is 1.64. The van der Waals surface area contributed by atoms with Gasteiger partial charge in [0.1, 0.15) is 5.75 Å². The molecule has 0 aliphatic carbocycles. The number of nitrogens with one attached hydrogen (secondary N) is 1. The summed E-state index contributed by atoms with van der Waals surface area (Å²) in [5.41, 5.74) is 8.02. The number of anilines is 1. The molecule has 0 atom stereocenters. The number of benzene rings is 2. The molecule has 3 rings (SSSR count). The Morgan fingerprint density at radius 3 is 2.46 bits per heavy atom. The molecule has 8 heteroatoms. The number of hydrogen-bond acceptors (Lipinski definition) is 5. The van der Waals surface area contributed by atoms with Gasteiger partial charge in [-0.1, -0.05) is 41.1 Å². The fourth-order valence-corrected chi connectivity index (χ4v) is 2.50. The second kappa shape index (κ2) is 7.88. The Bertz CT molecular complexity index is 891. The highest BCUT2D eigenvalue weighted by atomic mass is 35.5. The minimum Gasteiger partial charge on any atom is -0.497 e. The maximum atomic E-state index is 12.3. The Morgan fingerprint density at radius 2 is 1.81 bits per heavy atom. The summed E-state index contributed by atoms with van der Waals surface area (Å²) in [5.74, 6) is 0.599. The zero-order valence-corrected chi connectivity index (χ0v) is 14.9. The van der Waals surface area contributed by atoms with Gasteiger partial charge in [0, 0.05) is 11.6 Å². The molecule has 0 saturated heterocycles. The van der Waals surface area contributed by atoms with Gasteiger partial charge in [-0.2, -0.15) is 0 Å². The van der Waals surface area contributed by atoms with Gasteiger partial charge >= 0.3 is 0 Å². The molecule has 0 bridgehead atoms. The normalized spacial score (nSPS) is 10.5.